The Morgan fingerprint density at radius 3 is 2.32 bits per heavy atom. The van der Waals surface area contributed by atoms with Gasteiger partial charge in [0.15, 0.2) is 5.78 Å². The van der Waals surface area contributed by atoms with Crippen LogP contribution in [0.4, 0.5) is 0 Å². The molecule has 0 amide bonds. The maximum atomic E-state index is 11.7. The Labute approximate surface area is 117 Å². The molecule has 104 valence electrons. The molecule has 0 aromatic heterocycles. The summed E-state index contributed by atoms with van der Waals surface area (Å²) in [6.07, 6.45) is 16.2. The van der Waals surface area contributed by atoms with Crippen molar-refractivity contribution in [3.05, 3.63) is 35.5 Å². The van der Waals surface area contributed by atoms with Gasteiger partial charge in [0.2, 0.25) is 0 Å². The number of hydrogen-bond donors (Lipinski definition) is 0. The number of carbonyl (C=O) groups excluding carboxylic acids is 1. The monoisotopic (exact) mass is 258 g/mol. The topological polar surface area (TPSA) is 17.1 Å². The lowest BCUT2D eigenvalue weighted by Gasteiger charge is -2.29. The maximum absolute atomic E-state index is 11.7. The number of rotatable bonds is 4. The predicted molar refractivity (Wildman–Crippen MR) is 81.0 cm³/mol. The van der Waals surface area contributed by atoms with Gasteiger partial charge in [0, 0.05) is 6.42 Å². The molecular weight excluding hydrogens is 232 g/mol. The molecule has 0 spiro atoms. The maximum Gasteiger partial charge on any atom is 0.155 e. The molecule has 0 saturated heterocycles. The van der Waals surface area contributed by atoms with Gasteiger partial charge in [-0.15, -0.1) is 0 Å². The van der Waals surface area contributed by atoms with Gasteiger partial charge in [0.1, 0.15) is 0 Å². The molecule has 2 aliphatic carbocycles. The number of allylic oxidation sites excluding steroid dienone is 6. The lowest BCUT2D eigenvalue weighted by atomic mass is 9.76. The summed E-state index contributed by atoms with van der Waals surface area (Å²) in [5.41, 5.74) is 3.24. The first-order chi connectivity index (χ1) is 9.26. The molecule has 2 rings (SSSR count). The summed E-state index contributed by atoms with van der Waals surface area (Å²) in [4.78, 5) is 11.7. The third-order valence-corrected chi connectivity index (χ3v) is 4.60. The van der Waals surface area contributed by atoms with Crippen molar-refractivity contribution in [1.29, 1.82) is 0 Å². The van der Waals surface area contributed by atoms with E-state index < -0.39 is 0 Å². The van der Waals surface area contributed by atoms with Crippen LogP contribution in [-0.2, 0) is 4.79 Å². The van der Waals surface area contributed by atoms with E-state index in [2.05, 4.69) is 32.1 Å². The van der Waals surface area contributed by atoms with Crippen LogP contribution >= 0.6 is 0 Å². The Bertz CT molecular complexity index is 411. The number of carbonyl (C=O) groups is 1. The van der Waals surface area contributed by atoms with E-state index in [-0.39, 0.29) is 0 Å². The highest BCUT2D eigenvalue weighted by Crippen LogP contribution is 2.36. The standard InChI is InChI=1S/C18H26O/c1-3-17(14-9-6-5-7-10-14)18(4-2)15-11-8-12-16(19)13-15/h5-6,8,12,14-15H,3-4,7,9-11,13H2,1-2H3/b18-17+. The van der Waals surface area contributed by atoms with Crippen molar-refractivity contribution < 1.29 is 4.79 Å². The molecule has 0 heterocycles. The fourth-order valence-electron chi connectivity index (χ4n) is 3.69. The highest BCUT2D eigenvalue weighted by Gasteiger charge is 2.24. The van der Waals surface area contributed by atoms with Gasteiger partial charge >= 0.3 is 0 Å². The first kappa shape index (κ1) is 14.3. The summed E-state index contributed by atoms with van der Waals surface area (Å²) >= 11 is 0. The molecule has 0 aromatic rings. The van der Waals surface area contributed by atoms with Crippen molar-refractivity contribution in [3.8, 4) is 0 Å². The second kappa shape index (κ2) is 6.88. The largest absolute Gasteiger partial charge is 0.295 e. The van der Waals surface area contributed by atoms with Crippen LogP contribution in [-0.4, -0.2) is 5.78 Å². The van der Waals surface area contributed by atoms with E-state index in [1.807, 2.05) is 0 Å². The fourth-order valence-corrected chi connectivity index (χ4v) is 3.69. The van der Waals surface area contributed by atoms with Crippen LogP contribution in [0.15, 0.2) is 35.5 Å². The Balaban J connectivity index is 2.24. The second-order valence-electron chi connectivity index (χ2n) is 5.74. The van der Waals surface area contributed by atoms with Crippen LogP contribution < -0.4 is 0 Å². The first-order valence-electron chi connectivity index (χ1n) is 7.82. The summed E-state index contributed by atoms with van der Waals surface area (Å²) in [7, 11) is 0. The number of ketones is 1. The minimum Gasteiger partial charge on any atom is -0.295 e. The Morgan fingerprint density at radius 2 is 1.74 bits per heavy atom. The average molecular weight is 258 g/mol. The van der Waals surface area contributed by atoms with Gasteiger partial charge < -0.3 is 0 Å². The second-order valence-corrected chi connectivity index (χ2v) is 5.74. The fraction of sp³-hybridized carbons (Fsp3) is 0.611. The van der Waals surface area contributed by atoms with Gasteiger partial charge in [-0.2, -0.15) is 0 Å². The van der Waals surface area contributed by atoms with Crippen LogP contribution in [0.5, 0.6) is 0 Å². The zero-order valence-electron chi connectivity index (χ0n) is 12.3. The minimum absolute atomic E-state index is 0.307. The van der Waals surface area contributed by atoms with Crippen molar-refractivity contribution in [3.63, 3.8) is 0 Å². The van der Waals surface area contributed by atoms with Gasteiger partial charge in [-0.1, -0.05) is 43.2 Å². The molecule has 1 heteroatoms. The molecule has 2 atom stereocenters. The summed E-state index contributed by atoms with van der Waals surface area (Å²) in [5.74, 6) is 1.51. The van der Waals surface area contributed by atoms with Crippen LogP contribution in [0.3, 0.4) is 0 Å². The lowest BCUT2D eigenvalue weighted by Crippen LogP contribution is -2.17. The van der Waals surface area contributed by atoms with E-state index in [0.717, 1.165) is 31.6 Å². The van der Waals surface area contributed by atoms with Gasteiger partial charge in [-0.05, 0) is 56.4 Å². The minimum atomic E-state index is 0.307. The van der Waals surface area contributed by atoms with Gasteiger partial charge in [0.05, 0.1) is 0 Å². The molecule has 0 aromatic carbocycles. The highest BCUT2D eigenvalue weighted by atomic mass is 16.1. The molecule has 1 nitrogen and oxygen atoms in total. The molecule has 0 N–H and O–H groups in total. The van der Waals surface area contributed by atoms with Crippen molar-refractivity contribution >= 4 is 5.78 Å². The van der Waals surface area contributed by atoms with E-state index in [1.54, 1.807) is 17.2 Å². The molecule has 0 fully saturated rings. The van der Waals surface area contributed by atoms with Gasteiger partial charge in [-0.25, -0.2) is 0 Å². The van der Waals surface area contributed by atoms with Crippen LogP contribution in [0.1, 0.15) is 58.8 Å². The Morgan fingerprint density at radius 1 is 1.05 bits per heavy atom. The zero-order chi connectivity index (χ0) is 13.7. The molecule has 19 heavy (non-hydrogen) atoms. The average Bonchev–Trinajstić information content (AvgIpc) is 2.45. The molecular formula is C18H26O. The molecule has 2 aliphatic rings. The van der Waals surface area contributed by atoms with E-state index >= 15 is 0 Å². The van der Waals surface area contributed by atoms with E-state index in [1.165, 1.54) is 19.3 Å². The van der Waals surface area contributed by atoms with Gasteiger partial charge in [0.25, 0.3) is 0 Å². The third-order valence-electron chi connectivity index (χ3n) is 4.60. The quantitative estimate of drug-likeness (QED) is 0.649. The van der Waals surface area contributed by atoms with E-state index in [0.29, 0.717) is 11.7 Å². The van der Waals surface area contributed by atoms with Crippen molar-refractivity contribution in [2.24, 2.45) is 11.8 Å². The smallest absolute Gasteiger partial charge is 0.155 e. The van der Waals surface area contributed by atoms with Gasteiger partial charge in [-0.3, -0.25) is 4.79 Å². The summed E-state index contributed by atoms with van der Waals surface area (Å²) in [5, 5.41) is 0. The summed E-state index contributed by atoms with van der Waals surface area (Å²) < 4.78 is 0. The van der Waals surface area contributed by atoms with Crippen LogP contribution in [0.25, 0.3) is 0 Å². The van der Waals surface area contributed by atoms with Crippen LogP contribution in [0, 0.1) is 11.8 Å². The SMILES string of the molecule is CC/C(=C(/CC)C1CC=CC(=O)C1)C1CC=CCC1. The molecule has 0 radical (unpaired) electrons. The van der Waals surface area contributed by atoms with Crippen LogP contribution in [0.2, 0.25) is 0 Å². The van der Waals surface area contributed by atoms with E-state index in [9.17, 15) is 4.79 Å². The zero-order valence-corrected chi connectivity index (χ0v) is 12.3. The summed E-state index contributed by atoms with van der Waals surface area (Å²) in [6.45, 7) is 4.54. The molecule has 0 bridgehead atoms. The molecule has 2 unspecified atom stereocenters. The van der Waals surface area contributed by atoms with Crippen molar-refractivity contribution in [2.75, 3.05) is 0 Å². The molecule has 0 aliphatic heterocycles. The number of hydrogen-bond acceptors (Lipinski definition) is 1. The van der Waals surface area contributed by atoms with E-state index in [4.69, 9.17) is 0 Å². The summed E-state index contributed by atoms with van der Waals surface area (Å²) in [6, 6.07) is 0. The van der Waals surface area contributed by atoms with Crippen molar-refractivity contribution in [2.45, 2.75) is 58.8 Å². The lowest BCUT2D eigenvalue weighted by molar-refractivity contribution is -0.115. The van der Waals surface area contributed by atoms with Crippen molar-refractivity contribution in [1.82, 2.24) is 0 Å². The molecule has 0 saturated carbocycles. The predicted octanol–water partition coefficient (Wildman–Crippen LogP) is 4.99. The first-order valence-corrected chi connectivity index (χ1v) is 7.82. The highest BCUT2D eigenvalue weighted by molar-refractivity contribution is 5.90. The Kier molecular flexibility index (Phi) is 5.18. The third kappa shape index (κ3) is 3.46. The normalized spacial score (nSPS) is 28.4. The Hall–Kier alpha value is -1.11.